The fraction of sp³-hybridized carbons (Fsp3) is 0.714. The third kappa shape index (κ3) is 6.50. The second kappa shape index (κ2) is 9.97. The van der Waals surface area contributed by atoms with Crippen LogP contribution in [0, 0.1) is 5.92 Å². The number of carbonyl (C=O) groups is 2. The van der Waals surface area contributed by atoms with Crippen molar-refractivity contribution >= 4 is 33.2 Å². The Labute approximate surface area is 189 Å². The van der Waals surface area contributed by atoms with Crippen molar-refractivity contribution in [3.63, 3.8) is 0 Å². The predicted octanol–water partition coefficient (Wildman–Crippen LogP) is 1.60. The molecule has 1 N–H and O–H groups in total. The van der Waals surface area contributed by atoms with Crippen molar-refractivity contribution in [3.8, 4) is 0 Å². The fourth-order valence-corrected chi connectivity index (χ4v) is 6.76. The molecule has 10 heteroatoms. The Balaban J connectivity index is 1.48. The van der Waals surface area contributed by atoms with E-state index in [1.807, 2.05) is 25.7 Å². The molecule has 2 aliphatic rings. The van der Waals surface area contributed by atoms with E-state index in [0.29, 0.717) is 56.3 Å². The zero-order valence-electron chi connectivity index (χ0n) is 18.7. The lowest BCUT2D eigenvalue weighted by Gasteiger charge is -2.33. The number of rotatable bonds is 5. The number of hydrogen-bond acceptors (Lipinski definition) is 6. The van der Waals surface area contributed by atoms with Crippen molar-refractivity contribution in [1.82, 2.24) is 19.4 Å². The first kappa shape index (κ1) is 24.2. The molecule has 0 saturated carbocycles. The molecule has 8 nitrogen and oxygen atoms in total. The minimum Gasteiger partial charge on any atom is -0.350 e. The highest BCUT2D eigenvalue weighted by Gasteiger charge is 2.34. The maximum Gasteiger partial charge on any atom is 0.252 e. The van der Waals surface area contributed by atoms with Crippen LogP contribution in [0.2, 0.25) is 0 Å². The van der Waals surface area contributed by atoms with Crippen molar-refractivity contribution < 1.29 is 18.0 Å². The average Bonchev–Trinajstić information content (AvgIpc) is 3.15. The van der Waals surface area contributed by atoms with Crippen molar-refractivity contribution in [3.05, 3.63) is 17.5 Å². The molecule has 0 spiro atoms. The summed E-state index contributed by atoms with van der Waals surface area (Å²) in [6.45, 7) is 9.75. The van der Waals surface area contributed by atoms with Gasteiger partial charge in [0.15, 0.2) is 0 Å². The number of hydrogen-bond donors (Lipinski definition) is 1. The van der Waals surface area contributed by atoms with Gasteiger partial charge in [-0.25, -0.2) is 8.42 Å². The zero-order valence-corrected chi connectivity index (χ0v) is 20.3. The molecule has 2 saturated heterocycles. The van der Waals surface area contributed by atoms with Gasteiger partial charge in [0.05, 0.1) is 6.54 Å². The summed E-state index contributed by atoms with van der Waals surface area (Å²) in [5.41, 5.74) is -0.253. The van der Waals surface area contributed by atoms with E-state index in [1.165, 1.54) is 15.6 Å². The van der Waals surface area contributed by atoms with E-state index in [9.17, 15) is 18.0 Å². The molecule has 2 fully saturated rings. The molecule has 0 atom stereocenters. The highest BCUT2D eigenvalue weighted by atomic mass is 32.2. The van der Waals surface area contributed by atoms with Crippen LogP contribution in [0.15, 0.2) is 21.7 Å². The van der Waals surface area contributed by atoms with E-state index in [2.05, 4.69) is 10.2 Å². The maximum atomic E-state index is 13.1. The second-order valence-corrected chi connectivity index (χ2v) is 12.5. The summed E-state index contributed by atoms with van der Waals surface area (Å²) >= 11 is 1.22. The number of piperidine rings is 1. The van der Waals surface area contributed by atoms with E-state index in [1.54, 1.807) is 17.5 Å². The molecule has 2 aliphatic heterocycles. The van der Waals surface area contributed by atoms with Crippen LogP contribution in [0.25, 0.3) is 0 Å². The van der Waals surface area contributed by atoms with E-state index >= 15 is 0 Å². The van der Waals surface area contributed by atoms with Gasteiger partial charge in [-0.05, 0) is 51.5 Å². The van der Waals surface area contributed by atoms with Crippen molar-refractivity contribution in [2.24, 2.45) is 5.92 Å². The molecule has 31 heavy (non-hydrogen) atoms. The normalized spacial score (nSPS) is 20.4. The van der Waals surface area contributed by atoms with Gasteiger partial charge in [0.1, 0.15) is 4.21 Å². The molecule has 0 bridgehead atoms. The summed E-state index contributed by atoms with van der Waals surface area (Å²) in [5, 5.41) is 4.75. The lowest BCUT2D eigenvalue weighted by molar-refractivity contribution is -0.136. The van der Waals surface area contributed by atoms with E-state index in [-0.39, 0.29) is 23.3 Å². The smallest absolute Gasteiger partial charge is 0.252 e. The third-order valence-electron chi connectivity index (χ3n) is 5.67. The topological polar surface area (TPSA) is 90.0 Å². The summed E-state index contributed by atoms with van der Waals surface area (Å²) in [6.07, 6.45) is 1.94. The van der Waals surface area contributed by atoms with E-state index in [0.717, 1.165) is 13.0 Å². The monoisotopic (exact) mass is 470 g/mol. The molecule has 174 valence electrons. The molecule has 1 aromatic rings. The van der Waals surface area contributed by atoms with Crippen LogP contribution in [0.1, 0.15) is 40.0 Å². The average molecular weight is 471 g/mol. The molecule has 1 aromatic heterocycles. The Bertz CT molecular complexity index is 856. The summed E-state index contributed by atoms with van der Waals surface area (Å²) in [5.74, 6) is -0.00807. The molecule has 0 radical (unpaired) electrons. The highest BCUT2D eigenvalue weighted by Crippen LogP contribution is 2.27. The minimum absolute atomic E-state index is 0.00611. The van der Waals surface area contributed by atoms with E-state index in [4.69, 9.17) is 0 Å². The number of sulfonamides is 1. The van der Waals surface area contributed by atoms with Gasteiger partial charge in [0, 0.05) is 50.7 Å². The van der Waals surface area contributed by atoms with Gasteiger partial charge >= 0.3 is 0 Å². The van der Waals surface area contributed by atoms with Gasteiger partial charge in [-0.2, -0.15) is 4.31 Å². The Morgan fingerprint density at radius 1 is 1.10 bits per heavy atom. The molecule has 0 unspecified atom stereocenters. The van der Waals surface area contributed by atoms with Crippen LogP contribution in [0.5, 0.6) is 0 Å². The number of nitrogens with zero attached hydrogens (tertiary/aromatic N) is 3. The third-order valence-corrected chi connectivity index (χ3v) is 8.95. The first-order chi connectivity index (χ1) is 14.6. The second-order valence-electron chi connectivity index (χ2n) is 9.36. The van der Waals surface area contributed by atoms with Gasteiger partial charge in [0.2, 0.25) is 11.8 Å². The minimum atomic E-state index is -3.45. The molecule has 3 heterocycles. The Kier molecular flexibility index (Phi) is 7.77. The highest BCUT2D eigenvalue weighted by molar-refractivity contribution is 7.91. The molecule has 2 amide bonds. The van der Waals surface area contributed by atoms with Crippen LogP contribution in [0.3, 0.4) is 0 Å². The molecular formula is C21H34N4O4S2. The van der Waals surface area contributed by atoms with Gasteiger partial charge in [-0.1, -0.05) is 6.07 Å². The predicted molar refractivity (Wildman–Crippen MR) is 121 cm³/mol. The summed E-state index contributed by atoms with van der Waals surface area (Å²) in [7, 11) is -3.45. The van der Waals surface area contributed by atoms with Crippen LogP contribution >= 0.6 is 11.3 Å². The van der Waals surface area contributed by atoms with Crippen LogP contribution in [-0.4, -0.2) is 85.7 Å². The fourth-order valence-electron chi connectivity index (χ4n) is 4.15. The Morgan fingerprint density at radius 3 is 2.42 bits per heavy atom. The Morgan fingerprint density at radius 2 is 1.81 bits per heavy atom. The lowest BCUT2D eigenvalue weighted by Crippen LogP contribution is -2.47. The largest absolute Gasteiger partial charge is 0.350 e. The van der Waals surface area contributed by atoms with Gasteiger partial charge in [-0.15, -0.1) is 11.3 Å². The molecule has 0 aliphatic carbocycles. The molecular weight excluding hydrogens is 436 g/mol. The number of thiophene rings is 1. The lowest BCUT2D eigenvalue weighted by atomic mass is 9.96. The van der Waals surface area contributed by atoms with Gasteiger partial charge in [0.25, 0.3) is 10.0 Å². The van der Waals surface area contributed by atoms with Crippen LogP contribution in [-0.2, 0) is 19.6 Å². The zero-order chi connectivity index (χ0) is 22.6. The SMILES string of the molecule is CC(C)(C)NC(=O)CN1CCCN(C(=O)C2CCN(S(=O)(=O)c3cccs3)CC2)CC1. The first-order valence-corrected chi connectivity index (χ1v) is 13.2. The van der Waals surface area contributed by atoms with Crippen molar-refractivity contribution in [2.45, 2.75) is 49.8 Å². The standard InChI is InChI=1S/C21H34N4O4S2/c1-21(2,3)22-18(26)16-23-9-5-10-24(14-13-23)20(27)17-7-11-25(12-8-17)31(28,29)19-6-4-15-30-19/h4,6,15,17H,5,7-14,16H2,1-3H3,(H,22,26). The maximum absolute atomic E-state index is 13.1. The van der Waals surface area contributed by atoms with Gasteiger partial charge in [-0.3, -0.25) is 14.5 Å². The van der Waals surface area contributed by atoms with Crippen LogP contribution in [0.4, 0.5) is 0 Å². The number of carbonyl (C=O) groups excluding carboxylic acids is 2. The van der Waals surface area contributed by atoms with Crippen molar-refractivity contribution in [1.29, 1.82) is 0 Å². The number of amides is 2. The number of nitrogens with one attached hydrogen (secondary N) is 1. The van der Waals surface area contributed by atoms with Crippen LogP contribution < -0.4 is 5.32 Å². The van der Waals surface area contributed by atoms with E-state index < -0.39 is 10.0 Å². The van der Waals surface area contributed by atoms with Crippen molar-refractivity contribution in [2.75, 3.05) is 45.8 Å². The summed E-state index contributed by atoms with van der Waals surface area (Å²) in [6, 6.07) is 3.37. The summed E-state index contributed by atoms with van der Waals surface area (Å²) < 4.78 is 27.2. The quantitative estimate of drug-likeness (QED) is 0.706. The first-order valence-electron chi connectivity index (χ1n) is 10.9. The molecule has 3 rings (SSSR count). The van der Waals surface area contributed by atoms with Gasteiger partial charge < -0.3 is 10.2 Å². The Hall–Kier alpha value is -1.49. The molecule has 0 aromatic carbocycles. The summed E-state index contributed by atoms with van der Waals surface area (Å²) in [4.78, 5) is 29.3.